The zero-order valence-corrected chi connectivity index (χ0v) is 8.98. The molecule has 0 aromatic heterocycles. The molecule has 1 N–H and O–H groups in total. The Morgan fingerprint density at radius 2 is 2.00 bits per heavy atom. The Morgan fingerprint density at radius 3 is 2.47 bits per heavy atom. The summed E-state index contributed by atoms with van der Waals surface area (Å²) in [4.78, 5) is 24.3. The molecule has 2 atom stereocenters. The van der Waals surface area contributed by atoms with Crippen molar-refractivity contribution in [2.24, 2.45) is 17.8 Å². The van der Waals surface area contributed by atoms with E-state index in [9.17, 15) is 9.59 Å². The molecule has 4 heteroatoms. The Hall–Kier alpha value is -1.06. The molecular weight excluding hydrogens is 194 g/mol. The number of rotatable bonds is 3. The second kappa shape index (κ2) is 3.83. The summed E-state index contributed by atoms with van der Waals surface area (Å²) < 4.78 is 0. The highest BCUT2D eigenvalue weighted by molar-refractivity contribution is 5.78. The van der Waals surface area contributed by atoms with Gasteiger partial charge in [0.1, 0.15) is 0 Å². The fourth-order valence-corrected chi connectivity index (χ4v) is 2.52. The molecule has 0 bridgehead atoms. The fourth-order valence-electron chi connectivity index (χ4n) is 2.52. The van der Waals surface area contributed by atoms with Gasteiger partial charge in [0.05, 0.1) is 5.92 Å². The summed E-state index contributed by atoms with van der Waals surface area (Å²) in [6.07, 6.45) is 2.76. The molecular formula is C11H17NO3. The van der Waals surface area contributed by atoms with Crippen molar-refractivity contribution in [3.8, 4) is 0 Å². The molecule has 1 saturated heterocycles. The van der Waals surface area contributed by atoms with Crippen LogP contribution in [0.25, 0.3) is 0 Å². The van der Waals surface area contributed by atoms with Crippen LogP contribution < -0.4 is 0 Å². The van der Waals surface area contributed by atoms with Crippen LogP contribution in [0.1, 0.15) is 26.2 Å². The Kier molecular flexibility index (Phi) is 2.67. The number of nitrogens with zero attached hydrogens (tertiary/aromatic N) is 1. The zero-order valence-electron chi connectivity index (χ0n) is 8.98. The van der Waals surface area contributed by atoms with E-state index in [1.165, 1.54) is 0 Å². The van der Waals surface area contributed by atoms with Crippen molar-refractivity contribution in [2.75, 3.05) is 13.1 Å². The molecule has 0 unspecified atom stereocenters. The summed E-state index contributed by atoms with van der Waals surface area (Å²) in [5.74, 6) is -0.213. The van der Waals surface area contributed by atoms with Gasteiger partial charge in [-0.1, -0.05) is 6.92 Å². The molecule has 2 rings (SSSR count). The molecule has 1 heterocycles. The summed E-state index contributed by atoms with van der Waals surface area (Å²) in [6, 6.07) is 0. The molecule has 0 aromatic rings. The zero-order chi connectivity index (χ0) is 11.0. The summed E-state index contributed by atoms with van der Waals surface area (Å²) in [6.45, 7) is 2.90. The minimum absolute atomic E-state index is 0.0874. The first-order chi connectivity index (χ1) is 7.13. The topological polar surface area (TPSA) is 57.6 Å². The van der Waals surface area contributed by atoms with Crippen LogP contribution >= 0.6 is 0 Å². The molecule has 2 aliphatic rings. The molecule has 4 nitrogen and oxygen atoms in total. The van der Waals surface area contributed by atoms with E-state index in [1.54, 1.807) is 4.90 Å². The van der Waals surface area contributed by atoms with Gasteiger partial charge in [0.15, 0.2) is 0 Å². The van der Waals surface area contributed by atoms with Gasteiger partial charge in [-0.05, 0) is 24.7 Å². The number of carbonyl (C=O) groups excluding carboxylic acids is 1. The van der Waals surface area contributed by atoms with E-state index in [2.05, 4.69) is 0 Å². The number of hydrogen-bond donors (Lipinski definition) is 1. The Bertz CT molecular complexity index is 286. The van der Waals surface area contributed by atoms with Crippen molar-refractivity contribution in [3.05, 3.63) is 0 Å². The SMILES string of the molecule is CCC(=O)N1C[C@H](C(=O)O)[C@@H](C2CC2)C1. The van der Waals surface area contributed by atoms with Crippen molar-refractivity contribution in [1.29, 1.82) is 0 Å². The normalized spacial score (nSPS) is 30.6. The van der Waals surface area contributed by atoms with E-state index in [4.69, 9.17) is 5.11 Å². The first-order valence-corrected chi connectivity index (χ1v) is 5.64. The number of aliphatic carboxylic acids is 1. The summed E-state index contributed by atoms with van der Waals surface area (Å²) in [5, 5.41) is 9.09. The molecule has 1 aliphatic heterocycles. The smallest absolute Gasteiger partial charge is 0.308 e. The second-order valence-electron chi connectivity index (χ2n) is 4.60. The van der Waals surface area contributed by atoms with E-state index in [1.807, 2.05) is 6.92 Å². The number of likely N-dealkylation sites (tertiary alicyclic amines) is 1. The van der Waals surface area contributed by atoms with Gasteiger partial charge in [0.2, 0.25) is 5.91 Å². The van der Waals surface area contributed by atoms with Crippen LogP contribution in [0, 0.1) is 17.8 Å². The first-order valence-electron chi connectivity index (χ1n) is 5.64. The molecule has 0 spiro atoms. The maximum atomic E-state index is 11.5. The third kappa shape index (κ3) is 1.98. The average molecular weight is 211 g/mol. The van der Waals surface area contributed by atoms with Gasteiger partial charge in [-0.3, -0.25) is 9.59 Å². The standard InChI is InChI=1S/C11H17NO3/c1-2-10(13)12-5-8(7-3-4-7)9(6-12)11(14)15/h7-9H,2-6H2,1H3,(H,14,15)/t8-,9+/m1/s1. The molecule has 1 aliphatic carbocycles. The number of carboxylic acid groups (broad SMARTS) is 1. The van der Waals surface area contributed by atoms with Crippen LogP contribution in [0.4, 0.5) is 0 Å². The number of carbonyl (C=O) groups is 2. The summed E-state index contributed by atoms with van der Waals surface area (Å²) in [5.41, 5.74) is 0. The Labute approximate surface area is 89.3 Å². The predicted molar refractivity (Wildman–Crippen MR) is 54.2 cm³/mol. The Balaban J connectivity index is 2.04. The highest BCUT2D eigenvalue weighted by Gasteiger charge is 2.46. The molecule has 0 radical (unpaired) electrons. The minimum Gasteiger partial charge on any atom is -0.481 e. The van der Waals surface area contributed by atoms with Crippen molar-refractivity contribution < 1.29 is 14.7 Å². The van der Waals surface area contributed by atoms with Crippen molar-refractivity contribution in [2.45, 2.75) is 26.2 Å². The highest BCUT2D eigenvalue weighted by atomic mass is 16.4. The van der Waals surface area contributed by atoms with E-state index in [0.717, 1.165) is 12.8 Å². The van der Waals surface area contributed by atoms with Crippen LogP contribution in [-0.2, 0) is 9.59 Å². The molecule has 15 heavy (non-hydrogen) atoms. The molecule has 0 aromatic carbocycles. The van der Waals surface area contributed by atoms with Crippen LogP contribution in [0.5, 0.6) is 0 Å². The molecule has 1 saturated carbocycles. The van der Waals surface area contributed by atoms with E-state index < -0.39 is 5.97 Å². The second-order valence-corrected chi connectivity index (χ2v) is 4.60. The quantitative estimate of drug-likeness (QED) is 0.756. The number of hydrogen-bond acceptors (Lipinski definition) is 2. The van der Waals surface area contributed by atoms with Gasteiger partial charge in [-0.15, -0.1) is 0 Å². The summed E-state index contributed by atoms with van der Waals surface area (Å²) in [7, 11) is 0. The molecule has 1 amide bonds. The van der Waals surface area contributed by atoms with Gasteiger partial charge in [0, 0.05) is 19.5 Å². The third-order valence-electron chi connectivity index (χ3n) is 3.56. The van der Waals surface area contributed by atoms with E-state index in [0.29, 0.717) is 25.4 Å². The van der Waals surface area contributed by atoms with Gasteiger partial charge in [-0.25, -0.2) is 0 Å². The van der Waals surface area contributed by atoms with Crippen LogP contribution in [0.3, 0.4) is 0 Å². The summed E-state index contributed by atoms with van der Waals surface area (Å²) >= 11 is 0. The maximum absolute atomic E-state index is 11.5. The lowest BCUT2D eigenvalue weighted by atomic mass is 9.92. The largest absolute Gasteiger partial charge is 0.481 e. The molecule has 84 valence electrons. The number of amides is 1. The van der Waals surface area contributed by atoms with Crippen molar-refractivity contribution in [1.82, 2.24) is 4.90 Å². The maximum Gasteiger partial charge on any atom is 0.308 e. The van der Waals surface area contributed by atoms with Crippen LogP contribution in [0.2, 0.25) is 0 Å². The Morgan fingerprint density at radius 1 is 1.33 bits per heavy atom. The number of carboxylic acids is 1. The monoisotopic (exact) mass is 211 g/mol. The van der Waals surface area contributed by atoms with Crippen molar-refractivity contribution >= 4 is 11.9 Å². The molecule has 2 fully saturated rings. The third-order valence-corrected chi connectivity index (χ3v) is 3.56. The van der Waals surface area contributed by atoms with Crippen LogP contribution in [-0.4, -0.2) is 35.0 Å². The first kappa shape index (κ1) is 10.5. The minimum atomic E-state index is -0.738. The van der Waals surface area contributed by atoms with Crippen molar-refractivity contribution in [3.63, 3.8) is 0 Å². The van der Waals surface area contributed by atoms with Crippen LogP contribution in [0.15, 0.2) is 0 Å². The fraction of sp³-hybridized carbons (Fsp3) is 0.818. The van der Waals surface area contributed by atoms with Gasteiger partial charge < -0.3 is 10.0 Å². The predicted octanol–water partition coefficient (Wildman–Crippen LogP) is 0.966. The van der Waals surface area contributed by atoms with E-state index >= 15 is 0 Å². The van der Waals surface area contributed by atoms with Gasteiger partial charge >= 0.3 is 5.97 Å². The lowest BCUT2D eigenvalue weighted by molar-refractivity contribution is -0.142. The van der Waals surface area contributed by atoms with E-state index in [-0.39, 0.29) is 17.7 Å². The average Bonchev–Trinajstić information content (AvgIpc) is 2.96. The lowest BCUT2D eigenvalue weighted by Crippen LogP contribution is -2.29. The van der Waals surface area contributed by atoms with Gasteiger partial charge in [-0.2, -0.15) is 0 Å². The van der Waals surface area contributed by atoms with Gasteiger partial charge in [0.25, 0.3) is 0 Å². The highest BCUT2D eigenvalue weighted by Crippen LogP contribution is 2.44. The lowest BCUT2D eigenvalue weighted by Gasteiger charge is -2.14.